The first kappa shape index (κ1) is 16.7. The molecule has 0 aromatic heterocycles. The summed E-state index contributed by atoms with van der Waals surface area (Å²) in [7, 11) is 0. The third-order valence-electron chi connectivity index (χ3n) is 3.14. The van der Waals surface area contributed by atoms with Crippen LogP contribution in [0.5, 0.6) is 5.75 Å². The predicted octanol–water partition coefficient (Wildman–Crippen LogP) is 2.74. The summed E-state index contributed by atoms with van der Waals surface area (Å²) < 4.78 is 5.04. The van der Waals surface area contributed by atoms with Crippen molar-refractivity contribution in [2.45, 2.75) is 20.0 Å². The zero-order valence-electron chi connectivity index (χ0n) is 13.0. The fourth-order valence-corrected chi connectivity index (χ4v) is 2.05. The van der Waals surface area contributed by atoms with Gasteiger partial charge in [0.25, 0.3) is 0 Å². The van der Waals surface area contributed by atoms with E-state index in [1.165, 1.54) is 12.0 Å². The zero-order valence-corrected chi connectivity index (χ0v) is 13.0. The molecule has 0 bridgehead atoms. The van der Waals surface area contributed by atoms with Gasteiger partial charge in [-0.1, -0.05) is 42.5 Å². The van der Waals surface area contributed by atoms with Gasteiger partial charge in [-0.3, -0.25) is 14.4 Å². The van der Waals surface area contributed by atoms with E-state index in [2.05, 4.69) is 0 Å². The van der Waals surface area contributed by atoms with Gasteiger partial charge in [-0.05, 0) is 29.7 Å². The van der Waals surface area contributed by atoms with E-state index in [0.29, 0.717) is 31.7 Å². The lowest BCUT2D eigenvalue weighted by atomic mass is 10.1. The third kappa shape index (κ3) is 5.92. The van der Waals surface area contributed by atoms with Gasteiger partial charge >= 0.3 is 5.97 Å². The average molecular weight is 313 g/mol. The molecule has 2 rings (SSSR count). The van der Waals surface area contributed by atoms with E-state index in [-0.39, 0.29) is 5.97 Å². The molecule has 23 heavy (non-hydrogen) atoms. The Hall–Kier alpha value is -2.66. The molecule has 0 aliphatic carbocycles. The maximum Gasteiger partial charge on any atom is 0.308 e. The Bertz CT molecular complexity index is 642. The number of amides is 1. The minimum Gasteiger partial charge on any atom is -0.427 e. The van der Waals surface area contributed by atoms with Crippen molar-refractivity contribution in [2.75, 3.05) is 6.54 Å². The van der Waals surface area contributed by atoms with Crippen LogP contribution in [0.25, 0.3) is 0 Å². The number of rotatable bonds is 8. The molecule has 0 radical (unpaired) electrons. The van der Waals surface area contributed by atoms with Gasteiger partial charge in [0.05, 0.1) is 6.54 Å². The first-order valence-corrected chi connectivity index (χ1v) is 7.33. The lowest BCUT2D eigenvalue weighted by molar-refractivity contribution is -0.177. The number of nitrogens with zero attached hydrogens (tertiary/aromatic N) is 1. The maximum absolute atomic E-state index is 11.1. The van der Waals surface area contributed by atoms with E-state index in [4.69, 9.17) is 9.57 Å². The summed E-state index contributed by atoms with van der Waals surface area (Å²) in [6.07, 6.45) is 1.27. The zero-order chi connectivity index (χ0) is 16.5. The van der Waals surface area contributed by atoms with Crippen LogP contribution in [0.2, 0.25) is 0 Å². The molecule has 1 amide bonds. The fourth-order valence-electron chi connectivity index (χ4n) is 2.05. The Labute approximate surface area is 135 Å². The van der Waals surface area contributed by atoms with Crippen molar-refractivity contribution < 1.29 is 19.2 Å². The van der Waals surface area contributed by atoms with Crippen LogP contribution in [0.15, 0.2) is 54.6 Å². The van der Waals surface area contributed by atoms with Crippen LogP contribution in [0.4, 0.5) is 0 Å². The summed E-state index contributed by atoms with van der Waals surface area (Å²) >= 11 is 0. The number of ether oxygens (including phenoxy) is 1. The fraction of sp³-hybridized carbons (Fsp3) is 0.222. The second kappa shape index (κ2) is 8.70. The summed E-state index contributed by atoms with van der Waals surface area (Å²) in [5.41, 5.74) is 1.95. The van der Waals surface area contributed by atoms with E-state index in [0.717, 1.165) is 11.1 Å². The van der Waals surface area contributed by atoms with Crippen molar-refractivity contribution in [2.24, 2.45) is 0 Å². The van der Waals surface area contributed by atoms with Crippen LogP contribution < -0.4 is 4.74 Å². The van der Waals surface area contributed by atoms with Crippen molar-refractivity contribution in [1.82, 2.24) is 5.06 Å². The molecule has 2 aromatic carbocycles. The van der Waals surface area contributed by atoms with Crippen molar-refractivity contribution >= 4 is 12.4 Å². The van der Waals surface area contributed by atoms with Gasteiger partial charge in [0.1, 0.15) is 12.4 Å². The predicted molar refractivity (Wildman–Crippen MR) is 85.5 cm³/mol. The highest BCUT2D eigenvalue weighted by molar-refractivity contribution is 5.69. The van der Waals surface area contributed by atoms with E-state index in [1.807, 2.05) is 42.5 Å². The highest BCUT2D eigenvalue weighted by atomic mass is 16.7. The molecule has 0 heterocycles. The summed E-state index contributed by atoms with van der Waals surface area (Å²) in [6.45, 7) is 2.12. The number of carbonyl (C=O) groups is 2. The van der Waals surface area contributed by atoms with Crippen molar-refractivity contribution in [3.63, 3.8) is 0 Å². The minimum absolute atomic E-state index is 0.340. The first-order chi connectivity index (χ1) is 11.2. The van der Waals surface area contributed by atoms with Crippen LogP contribution >= 0.6 is 0 Å². The lowest BCUT2D eigenvalue weighted by Gasteiger charge is -2.17. The summed E-state index contributed by atoms with van der Waals surface area (Å²) in [5.74, 6) is 0.140. The van der Waals surface area contributed by atoms with Crippen LogP contribution in [-0.2, 0) is 27.5 Å². The minimum atomic E-state index is -0.358. The Kier molecular flexibility index (Phi) is 6.32. The molecule has 0 aliphatic heterocycles. The second-order valence-electron chi connectivity index (χ2n) is 5.00. The topological polar surface area (TPSA) is 55.8 Å². The van der Waals surface area contributed by atoms with Crippen LogP contribution in [0.3, 0.4) is 0 Å². The van der Waals surface area contributed by atoms with Crippen molar-refractivity contribution in [3.8, 4) is 5.75 Å². The molecule has 0 unspecified atom stereocenters. The van der Waals surface area contributed by atoms with Gasteiger partial charge < -0.3 is 4.74 Å². The highest BCUT2D eigenvalue weighted by Gasteiger charge is 2.05. The Morgan fingerprint density at radius 2 is 1.83 bits per heavy atom. The number of hydrogen-bond acceptors (Lipinski definition) is 4. The SMILES string of the molecule is CC(=O)Oc1cccc(CCN(C=O)OCc2ccccc2)c1. The number of benzene rings is 2. The molecule has 0 atom stereocenters. The largest absolute Gasteiger partial charge is 0.427 e. The molecule has 0 N–H and O–H groups in total. The standard InChI is InChI=1S/C18H19NO4/c1-15(21)23-18-9-5-8-16(12-18)10-11-19(14-20)22-13-17-6-3-2-4-7-17/h2-9,12,14H,10-11,13H2,1H3. The number of carbonyl (C=O) groups excluding carboxylic acids is 2. The third-order valence-corrected chi connectivity index (χ3v) is 3.14. The van der Waals surface area contributed by atoms with Gasteiger partial charge in [0.2, 0.25) is 6.41 Å². The van der Waals surface area contributed by atoms with Crippen molar-refractivity contribution in [3.05, 3.63) is 65.7 Å². The van der Waals surface area contributed by atoms with Crippen LogP contribution in [-0.4, -0.2) is 24.0 Å². The summed E-state index contributed by atoms with van der Waals surface area (Å²) in [5, 5.41) is 1.27. The van der Waals surface area contributed by atoms with Crippen molar-refractivity contribution in [1.29, 1.82) is 0 Å². The van der Waals surface area contributed by atoms with Crippen LogP contribution in [0, 0.1) is 0 Å². The quantitative estimate of drug-likeness (QED) is 0.325. The first-order valence-electron chi connectivity index (χ1n) is 7.33. The Balaban J connectivity index is 1.85. The number of esters is 1. The molecular formula is C18H19NO4. The van der Waals surface area contributed by atoms with Gasteiger partial charge in [-0.2, -0.15) is 0 Å². The molecule has 5 nitrogen and oxygen atoms in total. The average Bonchev–Trinajstić information content (AvgIpc) is 2.56. The highest BCUT2D eigenvalue weighted by Crippen LogP contribution is 2.14. The van der Waals surface area contributed by atoms with E-state index in [9.17, 15) is 9.59 Å². The Morgan fingerprint density at radius 3 is 2.52 bits per heavy atom. The molecule has 0 aliphatic rings. The molecule has 120 valence electrons. The molecule has 0 saturated carbocycles. The Morgan fingerprint density at radius 1 is 1.09 bits per heavy atom. The van der Waals surface area contributed by atoms with E-state index in [1.54, 1.807) is 12.1 Å². The maximum atomic E-state index is 11.1. The number of hydrogen-bond donors (Lipinski definition) is 0. The van der Waals surface area contributed by atoms with Gasteiger partial charge in [-0.15, -0.1) is 0 Å². The molecular weight excluding hydrogens is 294 g/mol. The monoisotopic (exact) mass is 313 g/mol. The smallest absolute Gasteiger partial charge is 0.308 e. The molecule has 0 saturated heterocycles. The number of hydroxylamine groups is 2. The molecule has 0 fully saturated rings. The van der Waals surface area contributed by atoms with Gasteiger partial charge in [0, 0.05) is 6.92 Å². The summed E-state index contributed by atoms with van der Waals surface area (Å²) in [6, 6.07) is 16.9. The van der Waals surface area contributed by atoms with Gasteiger partial charge in [-0.25, -0.2) is 5.06 Å². The van der Waals surface area contributed by atoms with Gasteiger partial charge in [0.15, 0.2) is 0 Å². The molecule has 2 aromatic rings. The lowest BCUT2D eigenvalue weighted by Crippen LogP contribution is -2.24. The molecule has 5 heteroatoms. The second-order valence-corrected chi connectivity index (χ2v) is 5.00. The normalized spacial score (nSPS) is 10.1. The van der Waals surface area contributed by atoms with E-state index < -0.39 is 0 Å². The van der Waals surface area contributed by atoms with E-state index >= 15 is 0 Å². The van der Waals surface area contributed by atoms with Crippen LogP contribution in [0.1, 0.15) is 18.1 Å². The summed E-state index contributed by atoms with van der Waals surface area (Å²) in [4.78, 5) is 27.5. The molecule has 0 spiro atoms.